The SMILES string of the molecule is CC(=N/C(C)=C(\C)c1ccccc1)c1ccc(-c2ccc(O)cc2O)o1. The van der Waals surface area contributed by atoms with Crippen LogP contribution in [0.15, 0.2) is 75.8 Å². The molecule has 0 aliphatic heterocycles. The fourth-order valence-corrected chi connectivity index (χ4v) is 2.69. The first-order valence-corrected chi connectivity index (χ1v) is 8.36. The maximum Gasteiger partial charge on any atom is 0.148 e. The van der Waals surface area contributed by atoms with Crippen molar-refractivity contribution in [2.75, 3.05) is 0 Å². The topological polar surface area (TPSA) is 66.0 Å². The Morgan fingerprint density at radius 1 is 0.885 bits per heavy atom. The minimum Gasteiger partial charge on any atom is -0.508 e. The van der Waals surface area contributed by atoms with E-state index in [1.54, 1.807) is 12.1 Å². The van der Waals surface area contributed by atoms with Crippen molar-refractivity contribution in [3.8, 4) is 22.8 Å². The Bertz CT molecular complexity index is 982. The molecule has 0 fully saturated rings. The van der Waals surface area contributed by atoms with Crippen LogP contribution < -0.4 is 0 Å². The molecule has 3 aromatic rings. The molecule has 3 rings (SSSR count). The van der Waals surface area contributed by atoms with Crippen molar-refractivity contribution in [3.05, 3.63) is 77.7 Å². The molecule has 0 unspecified atom stereocenters. The van der Waals surface area contributed by atoms with Gasteiger partial charge in [0, 0.05) is 11.8 Å². The summed E-state index contributed by atoms with van der Waals surface area (Å²) in [5.74, 6) is 1.13. The van der Waals surface area contributed by atoms with Crippen LogP contribution >= 0.6 is 0 Å². The number of phenols is 2. The quantitative estimate of drug-likeness (QED) is 0.602. The summed E-state index contributed by atoms with van der Waals surface area (Å²) in [6, 6.07) is 18.1. The van der Waals surface area contributed by atoms with Gasteiger partial charge in [-0.15, -0.1) is 0 Å². The smallest absolute Gasteiger partial charge is 0.148 e. The van der Waals surface area contributed by atoms with Crippen LogP contribution in [0.5, 0.6) is 11.5 Å². The second-order valence-corrected chi connectivity index (χ2v) is 6.14. The Balaban J connectivity index is 1.90. The van der Waals surface area contributed by atoms with Gasteiger partial charge in [0.2, 0.25) is 0 Å². The van der Waals surface area contributed by atoms with Gasteiger partial charge in [-0.1, -0.05) is 30.3 Å². The van der Waals surface area contributed by atoms with Gasteiger partial charge in [0.05, 0.1) is 11.3 Å². The number of aliphatic imine (C=N–C) groups is 1. The molecule has 1 heterocycles. The van der Waals surface area contributed by atoms with Crippen LogP contribution in [0.1, 0.15) is 32.1 Å². The first kappa shape index (κ1) is 17.5. The summed E-state index contributed by atoms with van der Waals surface area (Å²) in [4.78, 5) is 4.67. The molecule has 0 aliphatic rings. The fraction of sp³-hybridized carbons (Fsp3) is 0.136. The highest BCUT2D eigenvalue weighted by atomic mass is 16.3. The molecule has 0 saturated carbocycles. The van der Waals surface area contributed by atoms with Gasteiger partial charge in [-0.2, -0.15) is 0 Å². The van der Waals surface area contributed by atoms with E-state index in [9.17, 15) is 10.2 Å². The van der Waals surface area contributed by atoms with Gasteiger partial charge in [-0.05, 0) is 56.2 Å². The highest BCUT2D eigenvalue weighted by molar-refractivity contribution is 5.97. The van der Waals surface area contributed by atoms with Gasteiger partial charge in [0.25, 0.3) is 0 Å². The minimum atomic E-state index is -0.0310. The molecule has 0 atom stereocenters. The first-order valence-electron chi connectivity index (χ1n) is 8.36. The summed E-state index contributed by atoms with van der Waals surface area (Å²) in [5, 5.41) is 19.4. The third-order valence-corrected chi connectivity index (χ3v) is 4.29. The molecular formula is C22H21NO3. The maximum atomic E-state index is 9.98. The van der Waals surface area contributed by atoms with Crippen molar-refractivity contribution < 1.29 is 14.6 Å². The fourth-order valence-electron chi connectivity index (χ4n) is 2.69. The van der Waals surface area contributed by atoms with Gasteiger partial charge in [0.1, 0.15) is 23.0 Å². The highest BCUT2D eigenvalue weighted by Gasteiger charge is 2.12. The summed E-state index contributed by atoms with van der Waals surface area (Å²) < 4.78 is 5.84. The monoisotopic (exact) mass is 347 g/mol. The molecule has 4 heteroatoms. The Kier molecular flexibility index (Phi) is 4.94. The summed E-state index contributed by atoms with van der Waals surface area (Å²) in [6.45, 7) is 5.91. The van der Waals surface area contributed by atoms with Crippen molar-refractivity contribution in [2.45, 2.75) is 20.8 Å². The van der Waals surface area contributed by atoms with Crippen LogP contribution in [0.2, 0.25) is 0 Å². The van der Waals surface area contributed by atoms with E-state index < -0.39 is 0 Å². The largest absolute Gasteiger partial charge is 0.508 e. The normalized spacial score (nSPS) is 12.8. The number of phenolic OH excluding ortho intramolecular Hbond substituents is 2. The van der Waals surface area contributed by atoms with E-state index in [1.165, 1.54) is 12.1 Å². The second kappa shape index (κ2) is 7.31. The molecule has 0 radical (unpaired) electrons. The van der Waals surface area contributed by atoms with E-state index in [4.69, 9.17) is 4.42 Å². The number of benzene rings is 2. The molecule has 1 aromatic heterocycles. The molecule has 26 heavy (non-hydrogen) atoms. The number of hydrogen-bond acceptors (Lipinski definition) is 4. The first-order chi connectivity index (χ1) is 12.5. The highest BCUT2D eigenvalue weighted by Crippen LogP contribution is 2.33. The Morgan fingerprint density at radius 3 is 2.31 bits per heavy atom. The van der Waals surface area contributed by atoms with Crippen LogP contribution in [0.3, 0.4) is 0 Å². The van der Waals surface area contributed by atoms with Crippen molar-refractivity contribution in [1.82, 2.24) is 0 Å². The summed E-state index contributed by atoms with van der Waals surface area (Å²) >= 11 is 0. The molecule has 0 aliphatic carbocycles. The predicted octanol–water partition coefficient (Wildman–Crippen LogP) is 5.62. The van der Waals surface area contributed by atoms with E-state index in [-0.39, 0.29) is 11.5 Å². The Labute approximate surface area is 152 Å². The Morgan fingerprint density at radius 2 is 1.62 bits per heavy atom. The van der Waals surface area contributed by atoms with Crippen molar-refractivity contribution in [2.24, 2.45) is 4.99 Å². The van der Waals surface area contributed by atoms with E-state index in [0.29, 0.717) is 17.1 Å². The lowest BCUT2D eigenvalue weighted by atomic mass is 10.1. The van der Waals surface area contributed by atoms with Crippen molar-refractivity contribution >= 4 is 11.3 Å². The molecule has 2 aromatic carbocycles. The number of rotatable bonds is 4. The number of aromatic hydroxyl groups is 2. The average Bonchev–Trinajstić information content (AvgIpc) is 3.11. The van der Waals surface area contributed by atoms with E-state index >= 15 is 0 Å². The maximum absolute atomic E-state index is 9.98. The zero-order chi connectivity index (χ0) is 18.7. The van der Waals surface area contributed by atoms with E-state index in [0.717, 1.165) is 22.5 Å². The standard InChI is InChI=1S/C22H21NO3/c1-14(17-7-5-4-6-8-17)15(2)23-16(3)21-11-12-22(26-21)19-10-9-18(24)13-20(19)25/h4-13,24-25H,1-3H3/b15-14+,23-16?. The number of nitrogens with zero attached hydrogens (tertiary/aromatic N) is 1. The van der Waals surface area contributed by atoms with Crippen molar-refractivity contribution in [3.63, 3.8) is 0 Å². The molecule has 4 nitrogen and oxygen atoms in total. The molecular weight excluding hydrogens is 326 g/mol. The van der Waals surface area contributed by atoms with Gasteiger partial charge < -0.3 is 14.6 Å². The average molecular weight is 347 g/mol. The molecule has 0 amide bonds. The lowest BCUT2D eigenvalue weighted by molar-refractivity contribution is 0.450. The molecule has 2 N–H and O–H groups in total. The van der Waals surface area contributed by atoms with Crippen molar-refractivity contribution in [1.29, 1.82) is 0 Å². The second-order valence-electron chi connectivity index (χ2n) is 6.14. The van der Waals surface area contributed by atoms with E-state index in [1.807, 2.05) is 45.0 Å². The number of allylic oxidation sites excluding steroid dienone is 2. The third kappa shape index (κ3) is 3.70. The summed E-state index contributed by atoms with van der Waals surface area (Å²) in [7, 11) is 0. The minimum absolute atomic E-state index is 0.00734. The molecule has 0 saturated heterocycles. The van der Waals surface area contributed by atoms with Crippen LogP contribution in [0, 0.1) is 0 Å². The zero-order valence-corrected chi connectivity index (χ0v) is 15.0. The van der Waals surface area contributed by atoms with Gasteiger partial charge in [0.15, 0.2) is 0 Å². The molecule has 0 bridgehead atoms. The third-order valence-electron chi connectivity index (χ3n) is 4.29. The van der Waals surface area contributed by atoms with Crippen LogP contribution in [-0.4, -0.2) is 15.9 Å². The lowest BCUT2D eigenvalue weighted by Crippen LogP contribution is -1.93. The van der Waals surface area contributed by atoms with Crippen LogP contribution in [-0.2, 0) is 0 Å². The number of hydrogen-bond donors (Lipinski definition) is 2. The van der Waals surface area contributed by atoms with Crippen LogP contribution in [0.25, 0.3) is 16.9 Å². The van der Waals surface area contributed by atoms with Gasteiger partial charge in [-0.3, -0.25) is 4.99 Å². The Hall–Kier alpha value is -3.27. The predicted molar refractivity (Wildman–Crippen MR) is 104 cm³/mol. The summed E-state index contributed by atoms with van der Waals surface area (Å²) in [5.41, 5.74) is 4.43. The molecule has 132 valence electrons. The molecule has 0 spiro atoms. The van der Waals surface area contributed by atoms with Gasteiger partial charge in [-0.25, -0.2) is 0 Å². The lowest BCUT2D eigenvalue weighted by Gasteiger charge is -2.05. The van der Waals surface area contributed by atoms with E-state index in [2.05, 4.69) is 17.1 Å². The number of furan rings is 1. The summed E-state index contributed by atoms with van der Waals surface area (Å²) in [6.07, 6.45) is 0. The van der Waals surface area contributed by atoms with Gasteiger partial charge >= 0.3 is 0 Å². The van der Waals surface area contributed by atoms with Crippen LogP contribution in [0.4, 0.5) is 0 Å². The zero-order valence-electron chi connectivity index (χ0n) is 15.0.